The lowest BCUT2D eigenvalue weighted by atomic mass is 9.95. The number of anilines is 1. The number of sulfonamides is 1. The zero-order chi connectivity index (χ0) is 21.1. The Morgan fingerprint density at radius 2 is 1.93 bits per heavy atom. The Labute approximate surface area is 172 Å². The lowest BCUT2D eigenvalue weighted by Gasteiger charge is -2.25. The van der Waals surface area contributed by atoms with Crippen molar-refractivity contribution in [3.63, 3.8) is 0 Å². The Balaban J connectivity index is 1.99. The third-order valence-corrected chi connectivity index (χ3v) is 6.46. The predicted molar refractivity (Wildman–Crippen MR) is 111 cm³/mol. The van der Waals surface area contributed by atoms with E-state index in [2.05, 4.69) is 25.4 Å². The number of aliphatic hydroxyl groups excluding tert-OH is 1. The van der Waals surface area contributed by atoms with Gasteiger partial charge >= 0.3 is 0 Å². The van der Waals surface area contributed by atoms with Crippen LogP contribution in [0.4, 0.5) is 5.69 Å². The molecule has 1 fully saturated rings. The number of benzene rings is 1. The Morgan fingerprint density at radius 1 is 1.21 bits per heavy atom. The number of hydrogen-bond acceptors (Lipinski definition) is 7. The number of hydrogen-bond donors (Lipinski definition) is 3. The van der Waals surface area contributed by atoms with Crippen LogP contribution in [-0.4, -0.2) is 51.9 Å². The molecule has 1 aliphatic carbocycles. The van der Waals surface area contributed by atoms with Gasteiger partial charge in [-0.3, -0.25) is 0 Å². The van der Waals surface area contributed by atoms with Gasteiger partial charge in [0.25, 0.3) is 0 Å². The van der Waals surface area contributed by atoms with E-state index in [-0.39, 0.29) is 18.0 Å². The second-order valence-corrected chi connectivity index (χ2v) is 10.2. The van der Waals surface area contributed by atoms with Gasteiger partial charge in [-0.2, -0.15) is 4.80 Å². The van der Waals surface area contributed by atoms with Crippen molar-refractivity contribution in [2.24, 2.45) is 0 Å². The topological polar surface area (TPSA) is 122 Å². The molecule has 9 nitrogen and oxygen atoms in total. The first-order valence-corrected chi connectivity index (χ1v) is 11.5. The molecule has 2 aromatic rings. The summed E-state index contributed by atoms with van der Waals surface area (Å²) in [4.78, 5) is 1.45. The molecule has 0 atom stereocenters. The normalized spacial score (nSPS) is 16.1. The zero-order valence-corrected chi connectivity index (χ0v) is 18.0. The number of nitrogens with one attached hydrogen (secondary N) is 2. The minimum absolute atomic E-state index is 0.104. The molecule has 0 aliphatic heterocycles. The summed E-state index contributed by atoms with van der Waals surface area (Å²) in [5, 5.41) is 25.0. The first kappa shape index (κ1) is 21.7. The molecule has 0 radical (unpaired) electrons. The summed E-state index contributed by atoms with van der Waals surface area (Å²) in [7, 11) is -3.70. The van der Waals surface area contributed by atoms with Crippen molar-refractivity contribution in [3.8, 4) is 11.4 Å². The molecule has 1 aromatic carbocycles. The van der Waals surface area contributed by atoms with Crippen LogP contribution in [0.1, 0.15) is 52.9 Å². The quantitative estimate of drug-likeness (QED) is 0.625. The highest BCUT2D eigenvalue weighted by Gasteiger charge is 2.25. The predicted octanol–water partition coefficient (Wildman–Crippen LogP) is 2.15. The monoisotopic (exact) mass is 422 g/mol. The van der Waals surface area contributed by atoms with Crippen molar-refractivity contribution in [2.45, 2.75) is 75.9 Å². The molecule has 0 spiro atoms. The van der Waals surface area contributed by atoms with E-state index in [1.807, 2.05) is 0 Å². The Kier molecular flexibility index (Phi) is 6.55. The second-order valence-electron chi connectivity index (χ2n) is 8.47. The van der Waals surface area contributed by atoms with E-state index in [1.165, 1.54) is 24.1 Å². The zero-order valence-electron chi connectivity index (χ0n) is 17.2. The molecule has 0 amide bonds. The van der Waals surface area contributed by atoms with Gasteiger partial charge in [-0.15, -0.1) is 10.2 Å². The van der Waals surface area contributed by atoms with Crippen molar-refractivity contribution >= 4 is 15.7 Å². The Bertz CT molecular complexity index is 930. The third-order valence-electron chi connectivity index (χ3n) is 4.70. The molecule has 1 heterocycles. The third kappa shape index (κ3) is 5.74. The molecule has 10 heteroatoms. The van der Waals surface area contributed by atoms with Crippen LogP contribution in [-0.2, 0) is 16.6 Å². The van der Waals surface area contributed by atoms with Crippen molar-refractivity contribution in [1.82, 2.24) is 24.9 Å². The van der Waals surface area contributed by atoms with E-state index < -0.39 is 15.6 Å². The summed E-state index contributed by atoms with van der Waals surface area (Å²) in [6, 6.07) is 5.29. The summed E-state index contributed by atoms with van der Waals surface area (Å²) in [6.45, 7) is 5.51. The lowest BCUT2D eigenvalue weighted by molar-refractivity contribution is 0.259. The number of tetrazole rings is 1. The van der Waals surface area contributed by atoms with Gasteiger partial charge in [0.15, 0.2) is 0 Å². The summed E-state index contributed by atoms with van der Waals surface area (Å²) >= 11 is 0. The lowest BCUT2D eigenvalue weighted by Crippen LogP contribution is -2.40. The maximum Gasteiger partial charge on any atom is 0.241 e. The molecule has 29 heavy (non-hydrogen) atoms. The highest BCUT2D eigenvalue weighted by molar-refractivity contribution is 7.89. The molecule has 0 bridgehead atoms. The number of nitrogens with zero attached hydrogens (tertiary/aromatic N) is 4. The summed E-state index contributed by atoms with van der Waals surface area (Å²) in [6.07, 6.45) is 5.77. The van der Waals surface area contributed by atoms with Gasteiger partial charge < -0.3 is 10.4 Å². The van der Waals surface area contributed by atoms with E-state index in [0.717, 1.165) is 18.5 Å². The molecule has 3 N–H and O–H groups in total. The molecule has 1 saturated carbocycles. The van der Waals surface area contributed by atoms with E-state index in [1.54, 1.807) is 39.0 Å². The number of aromatic nitrogens is 4. The highest BCUT2D eigenvalue weighted by Crippen LogP contribution is 2.31. The molecular weight excluding hydrogens is 392 g/mol. The molecule has 0 unspecified atom stereocenters. The van der Waals surface area contributed by atoms with Gasteiger partial charge in [0.2, 0.25) is 15.8 Å². The summed E-state index contributed by atoms with van der Waals surface area (Å²) in [5.41, 5.74) is 0.771. The fourth-order valence-corrected chi connectivity index (χ4v) is 4.91. The van der Waals surface area contributed by atoms with Gasteiger partial charge in [-0.05, 0) is 57.0 Å². The van der Waals surface area contributed by atoms with E-state index in [9.17, 15) is 8.42 Å². The summed E-state index contributed by atoms with van der Waals surface area (Å²) in [5.74, 6) is 0.324. The standard InChI is InChI=1S/C19H30N6O3S/c1-19(2,3)23-29(27,28)15-9-10-17(20-14-7-5-4-6-8-14)16(13-15)18-21-24-25(22-18)11-12-26/h9-10,13-14,20,23,26H,4-8,11-12H2,1-3H3. The van der Waals surface area contributed by atoms with Gasteiger partial charge in [-0.25, -0.2) is 13.1 Å². The van der Waals surface area contributed by atoms with Gasteiger partial charge in [0.05, 0.1) is 18.0 Å². The number of aliphatic hydroxyl groups is 1. The van der Waals surface area contributed by atoms with E-state index in [4.69, 9.17) is 5.11 Å². The van der Waals surface area contributed by atoms with Gasteiger partial charge in [0.1, 0.15) is 0 Å². The smallest absolute Gasteiger partial charge is 0.241 e. The fourth-order valence-electron chi connectivity index (χ4n) is 3.47. The van der Waals surface area contributed by atoms with Crippen LogP contribution in [0.5, 0.6) is 0 Å². The van der Waals surface area contributed by atoms with E-state index >= 15 is 0 Å². The second kappa shape index (κ2) is 8.76. The minimum atomic E-state index is -3.70. The van der Waals surface area contributed by atoms with Crippen LogP contribution < -0.4 is 10.0 Å². The molecule has 3 rings (SSSR count). The molecule has 1 aliphatic rings. The van der Waals surface area contributed by atoms with Crippen LogP contribution >= 0.6 is 0 Å². The highest BCUT2D eigenvalue weighted by atomic mass is 32.2. The SMILES string of the molecule is CC(C)(C)NS(=O)(=O)c1ccc(NC2CCCCC2)c(-c2nnn(CCO)n2)c1. The van der Waals surface area contributed by atoms with Gasteiger partial charge in [0, 0.05) is 22.8 Å². The fraction of sp³-hybridized carbons (Fsp3) is 0.632. The number of rotatable bonds is 7. The van der Waals surface area contributed by atoms with Crippen LogP contribution in [0.3, 0.4) is 0 Å². The van der Waals surface area contributed by atoms with Crippen molar-refractivity contribution in [3.05, 3.63) is 18.2 Å². The van der Waals surface area contributed by atoms with Crippen LogP contribution in [0.25, 0.3) is 11.4 Å². The Hall–Kier alpha value is -2.04. The summed E-state index contributed by atoms with van der Waals surface area (Å²) < 4.78 is 28.3. The molecular formula is C19H30N6O3S. The molecule has 0 saturated heterocycles. The maximum atomic E-state index is 12.8. The van der Waals surface area contributed by atoms with Crippen LogP contribution in [0, 0.1) is 0 Å². The first-order valence-electron chi connectivity index (χ1n) is 10.0. The average Bonchev–Trinajstić information content (AvgIpc) is 3.09. The van der Waals surface area contributed by atoms with Crippen LogP contribution in [0.2, 0.25) is 0 Å². The van der Waals surface area contributed by atoms with Crippen LogP contribution in [0.15, 0.2) is 23.1 Å². The van der Waals surface area contributed by atoms with Crippen molar-refractivity contribution < 1.29 is 13.5 Å². The Morgan fingerprint density at radius 3 is 2.59 bits per heavy atom. The van der Waals surface area contributed by atoms with Gasteiger partial charge in [-0.1, -0.05) is 19.3 Å². The average molecular weight is 423 g/mol. The largest absolute Gasteiger partial charge is 0.394 e. The van der Waals surface area contributed by atoms with Crippen molar-refractivity contribution in [2.75, 3.05) is 11.9 Å². The van der Waals surface area contributed by atoms with E-state index in [0.29, 0.717) is 17.4 Å². The first-order chi connectivity index (χ1) is 13.7. The minimum Gasteiger partial charge on any atom is -0.394 e. The maximum absolute atomic E-state index is 12.8. The molecule has 1 aromatic heterocycles. The van der Waals surface area contributed by atoms with Crippen molar-refractivity contribution in [1.29, 1.82) is 0 Å². The molecule has 160 valence electrons.